The van der Waals surface area contributed by atoms with E-state index in [1.807, 2.05) is 18.7 Å². The molecule has 230 valence electrons. The molecular weight excluding hydrogens is 557 g/mol. The number of unbranched alkanes of at least 4 members (excludes halogenated alkanes) is 8. The van der Waals surface area contributed by atoms with Crippen LogP contribution >= 0.6 is 19.4 Å². The van der Waals surface area contributed by atoms with Gasteiger partial charge in [0.15, 0.2) is 11.5 Å². The SMILES string of the molecule is C[C@H](Cn1cnc2c(N)ncnc21)OCP(=O)(O)OCCCSCCCCCCCCCCC#CC1CCCCC1. The highest BCUT2D eigenvalue weighted by atomic mass is 32.2. The van der Waals surface area contributed by atoms with Crippen LogP contribution in [-0.2, 0) is 20.4 Å². The summed E-state index contributed by atoms with van der Waals surface area (Å²) in [6.07, 6.45) is 21.4. The Morgan fingerprint density at radius 2 is 1.76 bits per heavy atom. The van der Waals surface area contributed by atoms with Crippen molar-refractivity contribution in [1.82, 2.24) is 19.5 Å². The van der Waals surface area contributed by atoms with Crippen molar-refractivity contribution < 1.29 is 18.7 Å². The number of thioether (sulfide) groups is 1. The molecule has 41 heavy (non-hydrogen) atoms. The highest BCUT2D eigenvalue weighted by Crippen LogP contribution is 2.42. The van der Waals surface area contributed by atoms with Gasteiger partial charge in [0.25, 0.3) is 0 Å². The Morgan fingerprint density at radius 1 is 1.05 bits per heavy atom. The second-order valence-electron chi connectivity index (χ2n) is 11.1. The first-order valence-corrected chi connectivity index (χ1v) is 18.4. The van der Waals surface area contributed by atoms with E-state index in [9.17, 15) is 9.46 Å². The van der Waals surface area contributed by atoms with Crippen LogP contribution in [0.5, 0.6) is 0 Å². The van der Waals surface area contributed by atoms with E-state index < -0.39 is 7.60 Å². The lowest BCUT2D eigenvalue weighted by molar-refractivity contribution is 0.0718. The lowest BCUT2D eigenvalue weighted by Gasteiger charge is -2.17. The maximum Gasteiger partial charge on any atom is 0.353 e. The number of nitrogens with zero attached hydrogens (tertiary/aromatic N) is 4. The number of ether oxygens (including phenoxy) is 1. The minimum absolute atomic E-state index is 0.257. The number of hydrogen-bond acceptors (Lipinski definition) is 8. The molecule has 1 saturated carbocycles. The topological polar surface area (TPSA) is 125 Å². The van der Waals surface area contributed by atoms with Gasteiger partial charge in [-0.05, 0) is 50.5 Å². The summed E-state index contributed by atoms with van der Waals surface area (Å²) < 4.78 is 25.0. The Labute approximate surface area is 250 Å². The number of nitrogen functional groups attached to an aromatic ring is 1. The molecule has 3 rings (SSSR count). The van der Waals surface area contributed by atoms with Crippen LogP contribution in [0.15, 0.2) is 12.7 Å². The molecule has 0 aromatic carbocycles. The molecule has 1 unspecified atom stereocenters. The minimum Gasteiger partial charge on any atom is -0.382 e. The average Bonchev–Trinajstić information content (AvgIpc) is 3.38. The van der Waals surface area contributed by atoms with Crippen LogP contribution in [0.4, 0.5) is 5.82 Å². The van der Waals surface area contributed by atoms with Gasteiger partial charge in [-0.3, -0.25) is 4.57 Å². The van der Waals surface area contributed by atoms with Crippen molar-refractivity contribution in [2.45, 2.75) is 116 Å². The number of nitrogens with two attached hydrogens (primary N) is 1. The lowest BCUT2D eigenvalue weighted by atomic mass is 9.90. The quantitative estimate of drug-likeness (QED) is 0.0913. The third kappa shape index (κ3) is 13.9. The van der Waals surface area contributed by atoms with E-state index in [4.69, 9.17) is 15.0 Å². The van der Waals surface area contributed by atoms with Crippen molar-refractivity contribution in [3.63, 3.8) is 0 Å². The summed E-state index contributed by atoms with van der Waals surface area (Å²) in [4.78, 5) is 22.5. The van der Waals surface area contributed by atoms with Gasteiger partial charge in [-0.15, -0.1) is 5.92 Å². The number of hydrogen-bond donors (Lipinski definition) is 2. The molecule has 3 N–H and O–H groups in total. The van der Waals surface area contributed by atoms with Crippen LogP contribution < -0.4 is 5.73 Å². The summed E-state index contributed by atoms with van der Waals surface area (Å²) in [6.45, 7) is 2.50. The molecule has 0 radical (unpaired) electrons. The molecule has 2 heterocycles. The Morgan fingerprint density at radius 3 is 2.54 bits per heavy atom. The van der Waals surface area contributed by atoms with Crippen molar-refractivity contribution >= 4 is 36.3 Å². The van der Waals surface area contributed by atoms with E-state index in [2.05, 4.69) is 26.8 Å². The zero-order valence-electron chi connectivity index (χ0n) is 24.8. The first-order valence-electron chi connectivity index (χ1n) is 15.5. The maximum atomic E-state index is 12.3. The number of fused-ring (bicyclic) bond motifs is 1. The summed E-state index contributed by atoms with van der Waals surface area (Å²) in [6, 6.07) is 0. The number of rotatable bonds is 20. The van der Waals surface area contributed by atoms with Gasteiger partial charge < -0.3 is 24.5 Å². The van der Waals surface area contributed by atoms with Crippen molar-refractivity contribution in [1.29, 1.82) is 0 Å². The molecular formula is C30H50N5O4PS. The highest BCUT2D eigenvalue weighted by Gasteiger charge is 2.21. The summed E-state index contributed by atoms with van der Waals surface area (Å²) in [7, 11) is -3.80. The van der Waals surface area contributed by atoms with E-state index in [1.54, 1.807) is 10.9 Å². The molecule has 2 aromatic rings. The molecule has 1 aliphatic carbocycles. The number of imidazole rings is 1. The van der Waals surface area contributed by atoms with Gasteiger partial charge in [0, 0.05) is 12.3 Å². The van der Waals surface area contributed by atoms with Gasteiger partial charge in [-0.25, -0.2) is 15.0 Å². The van der Waals surface area contributed by atoms with E-state index in [1.165, 1.54) is 89.8 Å². The fraction of sp³-hybridized carbons (Fsp3) is 0.767. The van der Waals surface area contributed by atoms with Gasteiger partial charge >= 0.3 is 7.60 Å². The maximum absolute atomic E-state index is 12.3. The molecule has 0 saturated heterocycles. The van der Waals surface area contributed by atoms with Gasteiger partial charge in [0.05, 0.1) is 25.6 Å². The zero-order chi connectivity index (χ0) is 29.2. The molecule has 2 atom stereocenters. The van der Waals surface area contributed by atoms with E-state index >= 15 is 0 Å². The second-order valence-corrected chi connectivity index (χ2v) is 14.1. The molecule has 0 spiro atoms. The predicted molar refractivity (Wildman–Crippen MR) is 169 cm³/mol. The Bertz CT molecular complexity index is 1120. The Balaban J connectivity index is 1.09. The summed E-state index contributed by atoms with van der Waals surface area (Å²) in [5, 5.41) is 0. The fourth-order valence-corrected chi connectivity index (χ4v) is 6.90. The molecule has 1 fully saturated rings. The first-order chi connectivity index (χ1) is 19.9. The van der Waals surface area contributed by atoms with E-state index in [0.29, 0.717) is 29.4 Å². The van der Waals surface area contributed by atoms with Crippen molar-refractivity contribution in [3.05, 3.63) is 12.7 Å². The molecule has 2 aromatic heterocycles. The lowest BCUT2D eigenvalue weighted by Crippen LogP contribution is -2.17. The fourth-order valence-electron chi connectivity index (χ4n) is 5.03. The predicted octanol–water partition coefficient (Wildman–Crippen LogP) is 7.19. The summed E-state index contributed by atoms with van der Waals surface area (Å²) >= 11 is 1.89. The summed E-state index contributed by atoms with van der Waals surface area (Å²) in [5.41, 5.74) is 6.95. The van der Waals surface area contributed by atoms with Crippen molar-refractivity contribution in [2.24, 2.45) is 5.92 Å². The molecule has 0 bridgehead atoms. The standard InChI is InChI=1S/C30H50N5O4PS/c1-26(22-35-24-34-28-29(31)32-23-33-30(28)35)38-25-40(36,37)39-19-15-21-41-20-14-9-7-5-3-2-4-6-8-11-16-27-17-12-10-13-18-27/h23-24,26-27H,2-10,12-15,17-22,25H2,1H3,(H,36,37)(H2,31,32,33)/t26-/m1/s1. The highest BCUT2D eigenvalue weighted by molar-refractivity contribution is 7.99. The van der Waals surface area contributed by atoms with Crippen LogP contribution in [-0.4, -0.2) is 55.0 Å². The van der Waals surface area contributed by atoms with Crippen LogP contribution in [0.1, 0.15) is 103 Å². The molecule has 9 nitrogen and oxygen atoms in total. The molecule has 1 aliphatic rings. The van der Waals surface area contributed by atoms with Crippen LogP contribution in [0, 0.1) is 17.8 Å². The summed E-state index contributed by atoms with van der Waals surface area (Å²) in [5.74, 6) is 10.00. The van der Waals surface area contributed by atoms with E-state index in [0.717, 1.165) is 24.3 Å². The largest absolute Gasteiger partial charge is 0.382 e. The normalized spacial score (nSPS) is 16.3. The monoisotopic (exact) mass is 607 g/mol. The zero-order valence-corrected chi connectivity index (χ0v) is 26.6. The number of anilines is 1. The van der Waals surface area contributed by atoms with Gasteiger partial charge in [0.2, 0.25) is 0 Å². The first kappa shape index (κ1) is 33.9. The van der Waals surface area contributed by atoms with Gasteiger partial charge in [-0.1, -0.05) is 63.7 Å². The van der Waals surface area contributed by atoms with Gasteiger partial charge in [0.1, 0.15) is 18.2 Å². The minimum atomic E-state index is -3.80. The second kappa shape index (κ2) is 19.5. The van der Waals surface area contributed by atoms with Crippen LogP contribution in [0.3, 0.4) is 0 Å². The van der Waals surface area contributed by atoms with Crippen molar-refractivity contribution in [3.8, 4) is 11.8 Å². The van der Waals surface area contributed by atoms with Gasteiger partial charge in [-0.2, -0.15) is 11.8 Å². The van der Waals surface area contributed by atoms with Crippen LogP contribution in [0.2, 0.25) is 0 Å². The molecule has 11 heteroatoms. The smallest absolute Gasteiger partial charge is 0.353 e. The third-order valence-corrected chi connectivity index (χ3v) is 9.60. The molecule has 0 amide bonds. The average molecular weight is 608 g/mol. The van der Waals surface area contributed by atoms with E-state index in [-0.39, 0.29) is 19.1 Å². The molecule has 0 aliphatic heterocycles. The third-order valence-electron chi connectivity index (χ3n) is 7.38. The Hall–Kier alpha value is -1.63. The van der Waals surface area contributed by atoms with Crippen molar-refractivity contribution in [2.75, 3.05) is 30.2 Å². The number of aromatic nitrogens is 4. The Kier molecular flexibility index (Phi) is 16.1. The van der Waals surface area contributed by atoms with Crippen LogP contribution in [0.25, 0.3) is 11.2 Å².